The first-order chi connectivity index (χ1) is 23.7. The van der Waals surface area contributed by atoms with Crippen molar-refractivity contribution in [1.82, 2.24) is 42.5 Å². The Kier molecular flexibility index (Phi) is 23.1. The molecule has 0 aliphatic carbocycles. The third-order valence-corrected chi connectivity index (χ3v) is 8.38. The van der Waals surface area contributed by atoms with E-state index in [0.29, 0.717) is 24.0 Å². The van der Waals surface area contributed by atoms with Crippen molar-refractivity contribution in [2.75, 3.05) is 77.4 Å². The molecule has 2 rings (SSSR count). The fraction of sp³-hybridized carbons (Fsp3) is 0.697. The maximum atomic E-state index is 11.5. The Bertz CT molecular complexity index is 1070. The molecule has 1 unspecified atom stereocenters. The summed E-state index contributed by atoms with van der Waals surface area (Å²) in [5, 5.41) is 57.5. The van der Waals surface area contributed by atoms with E-state index in [1.54, 1.807) is 0 Å². The number of carbonyl (C=O) groups is 3. The van der Waals surface area contributed by atoms with Gasteiger partial charge in [0.2, 0.25) is 0 Å². The molecule has 1 aromatic rings. The minimum absolute atomic E-state index is 0.0393. The van der Waals surface area contributed by atoms with Crippen molar-refractivity contribution in [3.8, 4) is 0 Å². The van der Waals surface area contributed by atoms with E-state index in [9.17, 15) is 24.6 Å². The molecule has 0 bridgehead atoms. The number of carboxylic acid groups (broad SMARTS) is 3. The van der Waals surface area contributed by atoms with Crippen molar-refractivity contribution >= 4 is 40.9 Å². The van der Waals surface area contributed by atoms with Gasteiger partial charge in [-0.15, -0.1) is 0 Å². The number of anilines is 1. The van der Waals surface area contributed by atoms with E-state index >= 15 is 0 Å². The molecule has 1 aliphatic heterocycles. The lowest BCUT2D eigenvalue weighted by atomic mass is 10.1. The van der Waals surface area contributed by atoms with Gasteiger partial charge < -0.3 is 52.5 Å². The standard InChI is InChI=1S/C33H59N9O6S/c43-30(44)12-11-29(32(47)48)41-24-40-28(31(45)46)6-2-5-14-34-13-3-1-4-15-39-33(49)42-26-9-7-25(8-10-26)22-27-23-37-19-18-35-16-17-36-20-21-38-27/h7-10,27-29,34-38,40-41H,1-6,11-24H2,(H,43,44)(H,45,46)(H,47,48)(H2,39,42,49)/t27?,28-,29-/m0/s1. The van der Waals surface area contributed by atoms with Crippen LogP contribution < -0.4 is 47.9 Å². The first kappa shape index (κ1) is 42.2. The summed E-state index contributed by atoms with van der Waals surface area (Å²) in [5.41, 5.74) is 2.25. The largest absolute Gasteiger partial charge is 0.481 e. The average molecular weight is 710 g/mol. The van der Waals surface area contributed by atoms with Crippen LogP contribution in [0, 0.1) is 0 Å². The molecule has 1 saturated heterocycles. The molecule has 49 heavy (non-hydrogen) atoms. The summed E-state index contributed by atoms with van der Waals surface area (Å²) >= 11 is 5.48. The number of carboxylic acids is 3. The van der Waals surface area contributed by atoms with Crippen LogP contribution in [0.3, 0.4) is 0 Å². The van der Waals surface area contributed by atoms with Crippen LogP contribution >= 0.6 is 12.2 Å². The van der Waals surface area contributed by atoms with Gasteiger partial charge in [-0.3, -0.25) is 25.0 Å². The minimum atomic E-state index is -1.17. The van der Waals surface area contributed by atoms with Crippen molar-refractivity contribution < 1.29 is 29.7 Å². The molecular formula is C33H59N9O6S. The number of thiocarbonyl (C=S) groups is 1. The van der Waals surface area contributed by atoms with Gasteiger partial charge in [-0.25, -0.2) is 0 Å². The van der Waals surface area contributed by atoms with Gasteiger partial charge in [0.25, 0.3) is 0 Å². The van der Waals surface area contributed by atoms with Gasteiger partial charge in [-0.05, 0) is 81.5 Å². The number of hydrogen-bond donors (Lipinski definition) is 12. The van der Waals surface area contributed by atoms with Crippen LogP contribution in [0.5, 0.6) is 0 Å². The molecule has 278 valence electrons. The highest BCUT2D eigenvalue weighted by molar-refractivity contribution is 7.80. The molecule has 16 heteroatoms. The number of rotatable bonds is 23. The molecule has 12 N–H and O–H groups in total. The van der Waals surface area contributed by atoms with Gasteiger partial charge in [0, 0.05) is 77.2 Å². The Labute approximate surface area is 295 Å². The number of hydrogen-bond acceptors (Lipinski definition) is 11. The molecule has 0 aromatic heterocycles. The maximum absolute atomic E-state index is 11.5. The maximum Gasteiger partial charge on any atom is 0.320 e. The molecule has 0 spiro atoms. The summed E-state index contributed by atoms with van der Waals surface area (Å²) in [6.45, 7) is 9.17. The lowest BCUT2D eigenvalue weighted by Gasteiger charge is -2.21. The molecule has 1 aromatic carbocycles. The topological polar surface area (TPSA) is 220 Å². The van der Waals surface area contributed by atoms with Crippen molar-refractivity contribution in [2.24, 2.45) is 0 Å². The third-order valence-electron chi connectivity index (χ3n) is 8.13. The van der Waals surface area contributed by atoms with Crippen LogP contribution in [0.1, 0.15) is 56.9 Å². The quantitative estimate of drug-likeness (QED) is 0.0412. The fourth-order valence-corrected chi connectivity index (χ4v) is 5.54. The second-order valence-electron chi connectivity index (χ2n) is 12.2. The van der Waals surface area contributed by atoms with E-state index in [1.807, 2.05) is 0 Å². The first-order valence-electron chi connectivity index (χ1n) is 17.6. The second kappa shape index (κ2) is 26.8. The van der Waals surface area contributed by atoms with Gasteiger partial charge in [0.05, 0.1) is 0 Å². The van der Waals surface area contributed by atoms with E-state index in [-0.39, 0.29) is 19.5 Å². The van der Waals surface area contributed by atoms with Crippen molar-refractivity contribution in [3.63, 3.8) is 0 Å². The Balaban J connectivity index is 1.49. The summed E-state index contributed by atoms with van der Waals surface area (Å²) in [6.07, 6.45) is 5.58. The van der Waals surface area contributed by atoms with Crippen LogP contribution in [0.25, 0.3) is 0 Å². The zero-order valence-corrected chi connectivity index (χ0v) is 29.5. The molecular weight excluding hydrogens is 650 g/mol. The van der Waals surface area contributed by atoms with E-state index in [2.05, 4.69) is 72.1 Å². The molecule has 1 aliphatic rings. The molecule has 0 radical (unpaired) electrons. The van der Waals surface area contributed by atoms with Crippen molar-refractivity contribution in [2.45, 2.75) is 75.9 Å². The first-order valence-corrected chi connectivity index (χ1v) is 18.0. The van der Waals surface area contributed by atoms with Crippen molar-refractivity contribution in [3.05, 3.63) is 29.8 Å². The Morgan fingerprint density at radius 1 is 0.755 bits per heavy atom. The highest BCUT2D eigenvalue weighted by Crippen LogP contribution is 2.11. The van der Waals surface area contributed by atoms with Crippen LogP contribution in [0.4, 0.5) is 5.69 Å². The Hall–Kier alpha value is -2.96. The molecule has 1 heterocycles. The second-order valence-corrected chi connectivity index (χ2v) is 12.7. The van der Waals surface area contributed by atoms with Crippen LogP contribution in [0.2, 0.25) is 0 Å². The van der Waals surface area contributed by atoms with E-state index in [0.717, 1.165) is 103 Å². The van der Waals surface area contributed by atoms with Gasteiger partial charge in [0.1, 0.15) is 12.1 Å². The predicted octanol–water partition coefficient (Wildman–Crippen LogP) is 0.0942. The smallest absolute Gasteiger partial charge is 0.320 e. The van der Waals surface area contributed by atoms with Crippen LogP contribution in [-0.4, -0.2) is 129 Å². The van der Waals surface area contributed by atoms with E-state index in [4.69, 9.17) is 17.3 Å². The van der Waals surface area contributed by atoms with Gasteiger partial charge in [-0.2, -0.15) is 0 Å². The molecule has 0 amide bonds. The SMILES string of the molecule is O=C(O)CC[C@H](NCN[C@@H](CCCCNCCCCCNC(=S)Nc1ccc(CC2CNCCNCCNCCN2)cc1)C(=O)O)C(=O)O. The lowest BCUT2D eigenvalue weighted by molar-refractivity contribution is -0.141. The minimum Gasteiger partial charge on any atom is -0.481 e. The monoisotopic (exact) mass is 709 g/mol. The molecule has 1 fully saturated rings. The summed E-state index contributed by atoms with van der Waals surface area (Å²) in [5.74, 6) is -3.26. The molecule has 3 atom stereocenters. The highest BCUT2D eigenvalue weighted by Gasteiger charge is 2.20. The predicted molar refractivity (Wildman–Crippen MR) is 196 cm³/mol. The van der Waals surface area contributed by atoms with E-state index in [1.165, 1.54) is 5.56 Å². The number of nitrogens with one attached hydrogen (secondary N) is 9. The lowest BCUT2D eigenvalue weighted by Crippen LogP contribution is -2.47. The summed E-state index contributed by atoms with van der Waals surface area (Å²) in [6, 6.07) is 6.95. The van der Waals surface area contributed by atoms with Gasteiger partial charge in [-0.1, -0.05) is 25.0 Å². The molecule has 15 nitrogen and oxygen atoms in total. The van der Waals surface area contributed by atoms with Crippen LogP contribution in [0.15, 0.2) is 24.3 Å². The zero-order chi connectivity index (χ0) is 35.5. The zero-order valence-electron chi connectivity index (χ0n) is 28.7. The van der Waals surface area contributed by atoms with Crippen LogP contribution in [-0.2, 0) is 20.8 Å². The van der Waals surface area contributed by atoms with Gasteiger partial charge in [0.15, 0.2) is 5.11 Å². The van der Waals surface area contributed by atoms with E-state index < -0.39 is 30.0 Å². The summed E-state index contributed by atoms with van der Waals surface area (Å²) in [4.78, 5) is 33.5. The normalized spacial score (nSPS) is 17.2. The number of benzene rings is 1. The van der Waals surface area contributed by atoms with Crippen molar-refractivity contribution in [1.29, 1.82) is 0 Å². The fourth-order valence-electron chi connectivity index (χ4n) is 5.32. The number of unbranched alkanes of at least 4 members (excludes halogenated alkanes) is 3. The average Bonchev–Trinajstić information content (AvgIpc) is 3.05. The Morgan fingerprint density at radius 2 is 1.35 bits per heavy atom. The summed E-state index contributed by atoms with van der Waals surface area (Å²) < 4.78 is 0. The third kappa shape index (κ3) is 21.7. The van der Waals surface area contributed by atoms with Gasteiger partial charge >= 0.3 is 17.9 Å². The Morgan fingerprint density at radius 3 is 2.00 bits per heavy atom. The number of aliphatic carboxylic acids is 3. The highest BCUT2D eigenvalue weighted by atomic mass is 32.1. The molecule has 0 saturated carbocycles. The summed E-state index contributed by atoms with van der Waals surface area (Å²) in [7, 11) is 0.